The highest BCUT2D eigenvalue weighted by Crippen LogP contribution is 2.27. The van der Waals surface area contributed by atoms with E-state index in [1.807, 2.05) is 48.5 Å². The van der Waals surface area contributed by atoms with Crippen molar-refractivity contribution >= 4 is 11.0 Å². The molecule has 0 radical (unpaired) electrons. The number of fused-ring (bicyclic) bond motifs is 1. The number of nitrogens with zero attached hydrogens (tertiary/aromatic N) is 3. The average molecular weight is 418 g/mol. The first-order chi connectivity index (χ1) is 15.2. The normalized spacial score (nSPS) is 16.8. The predicted molar refractivity (Wildman–Crippen MR) is 120 cm³/mol. The molecule has 0 aliphatic carbocycles. The molecule has 0 bridgehead atoms. The fourth-order valence-electron chi connectivity index (χ4n) is 4.15. The van der Waals surface area contributed by atoms with Crippen molar-refractivity contribution in [3.05, 3.63) is 60.6 Å². The van der Waals surface area contributed by atoms with Crippen molar-refractivity contribution < 1.29 is 9.47 Å². The fourth-order valence-corrected chi connectivity index (χ4v) is 4.15. The summed E-state index contributed by atoms with van der Waals surface area (Å²) >= 11 is 0. The molecule has 1 aliphatic rings. The van der Waals surface area contributed by atoms with Gasteiger partial charge in [0, 0.05) is 25.4 Å². The Morgan fingerprint density at radius 2 is 2.00 bits per heavy atom. The van der Waals surface area contributed by atoms with E-state index in [9.17, 15) is 0 Å². The first kappa shape index (κ1) is 19.8. The van der Waals surface area contributed by atoms with E-state index in [4.69, 9.17) is 14.5 Å². The van der Waals surface area contributed by atoms with Gasteiger partial charge in [-0.15, -0.1) is 0 Å². The number of benzene rings is 2. The van der Waals surface area contributed by atoms with Crippen molar-refractivity contribution in [2.45, 2.75) is 19.4 Å². The summed E-state index contributed by atoms with van der Waals surface area (Å²) in [6, 6.07) is 15.9. The summed E-state index contributed by atoms with van der Waals surface area (Å²) < 4.78 is 11.7. The molecule has 4 aromatic rings. The van der Waals surface area contributed by atoms with Gasteiger partial charge in [-0.3, -0.25) is 10.00 Å². The molecule has 1 atom stereocenters. The zero-order chi connectivity index (χ0) is 21.0. The Balaban J connectivity index is 1.24. The summed E-state index contributed by atoms with van der Waals surface area (Å²) in [4.78, 5) is 10.5. The summed E-state index contributed by atoms with van der Waals surface area (Å²) in [6.45, 7) is 3.59. The van der Waals surface area contributed by atoms with Gasteiger partial charge in [-0.2, -0.15) is 5.10 Å². The SMILES string of the molecule is CN(Cc1nc2ccc(Oc3ccc(-c4ccn[nH]4)cc3)cc2[nH]1)CC1CCCOC1. The van der Waals surface area contributed by atoms with E-state index in [1.54, 1.807) is 6.20 Å². The molecule has 1 saturated heterocycles. The molecule has 0 amide bonds. The van der Waals surface area contributed by atoms with Crippen molar-refractivity contribution in [1.82, 2.24) is 25.1 Å². The zero-order valence-electron chi connectivity index (χ0n) is 17.7. The molecular weight excluding hydrogens is 390 g/mol. The molecule has 7 nitrogen and oxygen atoms in total. The molecule has 2 aromatic heterocycles. The molecule has 5 rings (SSSR count). The Kier molecular flexibility index (Phi) is 5.69. The topological polar surface area (TPSA) is 79.1 Å². The van der Waals surface area contributed by atoms with Crippen molar-refractivity contribution in [2.24, 2.45) is 5.92 Å². The number of hydrogen-bond acceptors (Lipinski definition) is 5. The minimum Gasteiger partial charge on any atom is -0.457 e. The van der Waals surface area contributed by atoms with Crippen LogP contribution in [0.25, 0.3) is 22.3 Å². The van der Waals surface area contributed by atoms with Crippen LogP contribution in [0.1, 0.15) is 18.7 Å². The van der Waals surface area contributed by atoms with E-state index in [0.717, 1.165) is 72.3 Å². The largest absolute Gasteiger partial charge is 0.457 e. The molecule has 0 saturated carbocycles. The lowest BCUT2D eigenvalue weighted by atomic mass is 10.0. The maximum atomic E-state index is 6.05. The third-order valence-electron chi connectivity index (χ3n) is 5.65. The van der Waals surface area contributed by atoms with Gasteiger partial charge in [-0.25, -0.2) is 4.98 Å². The maximum absolute atomic E-state index is 6.05. The molecule has 3 heterocycles. The van der Waals surface area contributed by atoms with Gasteiger partial charge in [0.1, 0.15) is 17.3 Å². The van der Waals surface area contributed by atoms with Gasteiger partial charge in [0.2, 0.25) is 0 Å². The minimum absolute atomic E-state index is 0.614. The smallest absolute Gasteiger partial charge is 0.129 e. The quantitative estimate of drug-likeness (QED) is 0.459. The van der Waals surface area contributed by atoms with Crippen LogP contribution in [0.5, 0.6) is 11.5 Å². The third-order valence-corrected chi connectivity index (χ3v) is 5.65. The van der Waals surface area contributed by atoms with Crippen molar-refractivity contribution in [1.29, 1.82) is 0 Å². The van der Waals surface area contributed by atoms with Gasteiger partial charge < -0.3 is 14.5 Å². The number of aromatic nitrogens is 4. The molecule has 7 heteroatoms. The van der Waals surface area contributed by atoms with Gasteiger partial charge in [-0.1, -0.05) is 0 Å². The van der Waals surface area contributed by atoms with Crippen LogP contribution in [-0.2, 0) is 11.3 Å². The number of hydrogen-bond donors (Lipinski definition) is 2. The predicted octanol–water partition coefficient (Wildman–Crippen LogP) is 4.60. The lowest BCUT2D eigenvalue weighted by Crippen LogP contribution is -2.30. The Hall–Kier alpha value is -3.16. The molecule has 2 N–H and O–H groups in total. The Morgan fingerprint density at radius 1 is 1.13 bits per heavy atom. The molecule has 31 heavy (non-hydrogen) atoms. The van der Waals surface area contributed by atoms with Crippen molar-refractivity contribution in [2.75, 3.05) is 26.8 Å². The monoisotopic (exact) mass is 417 g/mol. The first-order valence-electron chi connectivity index (χ1n) is 10.8. The number of H-pyrrole nitrogens is 2. The van der Waals surface area contributed by atoms with Crippen molar-refractivity contribution in [3.8, 4) is 22.8 Å². The second-order valence-electron chi connectivity index (χ2n) is 8.24. The van der Waals surface area contributed by atoms with Crippen molar-refractivity contribution in [3.63, 3.8) is 0 Å². The van der Waals surface area contributed by atoms with Crippen LogP contribution in [0.3, 0.4) is 0 Å². The van der Waals surface area contributed by atoms with E-state index < -0.39 is 0 Å². The first-order valence-corrected chi connectivity index (χ1v) is 10.8. The number of nitrogens with one attached hydrogen (secondary N) is 2. The van der Waals surface area contributed by atoms with Crippen LogP contribution in [0.2, 0.25) is 0 Å². The van der Waals surface area contributed by atoms with E-state index in [2.05, 4.69) is 27.1 Å². The van der Waals surface area contributed by atoms with Gasteiger partial charge in [0.15, 0.2) is 0 Å². The van der Waals surface area contributed by atoms with Crippen LogP contribution < -0.4 is 4.74 Å². The number of ether oxygens (including phenoxy) is 2. The summed E-state index contributed by atoms with van der Waals surface area (Å²) in [5.74, 6) is 3.15. The minimum atomic E-state index is 0.614. The van der Waals surface area contributed by atoms with E-state index in [-0.39, 0.29) is 0 Å². The summed E-state index contributed by atoms with van der Waals surface area (Å²) in [6.07, 6.45) is 4.15. The maximum Gasteiger partial charge on any atom is 0.129 e. The molecular formula is C24H27N5O2. The van der Waals surface area contributed by atoms with Gasteiger partial charge in [0.25, 0.3) is 0 Å². The van der Waals surface area contributed by atoms with E-state index in [1.165, 1.54) is 6.42 Å². The highest BCUT2D eigenvalue weighted by atomic mass is 16.5. The summed E-state index contributed by atoms with van der Waals surface area (Å²) in [5.41, 5.74) is 3.99. The standard InChI is InChI=1S/C24H27N5O2/c1-29(14-17-3-2-12-30-16-17)15-24-26-22-9-8-20(13-23(22)27-24)31-19-6-4-18(5-7-19)21-10-11-25-28-21/h4-11,13,17H,2-3,12,14-16H2,1H3,(H,25,28)(H,26,27). The number of imidazole rings is 1. The van der Waals surface area contributed by atoms with Gasteiger partial charge >= 0.3 is 0 Å². The molecule has 0 spiro atoms. The molecule has 1 fully saturated rings. The number of aromatic amines is 2. The van der Waals surface area contributed by atoms with E-state index in [0.29, 0.717) is 5.92 Å². The van der Waals surface area contributed by atoms with Crippen LogP contribution in [0.4, 0.5) is 0 Å². The number of rotatable bonds is 7. The highest BCUT2D eigenvalue weighted by molar-refractivity contribution is 5.77. The fraction of sp³-hybridized carbons (Fsp3) is 0.333. The summed E-state index contributed by atoms with van der Waals surface area (Å²) in [7, 11) is 2.14. The van der Waals surface area contributed by atoms with E-state index >= 15 is 0 Å². The lowest BCUT2D eigenvalue weighted by molar-refractivity contribution is 0.0409. The van der Waals surface area contributed by atoms with Crippen LogP contribution in [-0.4, -0.2) is 51.9 Å². The Labute approximate surface area is 181 Å². The lowest BCUT2D eigenvalue weighted by Gasteiger charge is -2.26. The molecule has 1 unspecified atom stereocenters. The molecule has 160 valence electrons. The second-order valence-corrected chi connectivity index (χ2v) is 8.24. The second kappa shape index (κ2) is 8.91. The Bertz CT molecular complexity index is 1110. The highest BCUT2D eigenvalue weighted by Gasteiger charge is 2.17. The van der Waals surface area contributed by atoms with Crippen LogP contribution >= 0.6 is 0 Å². The van der Waals surface area contributed by atoms with Crippen LogP contribution in [0, 0.1) is 5.92 Å². The molecule has 2 aromatic carbocycles. The zero-order valence-corrected chi connectivity index (χ0v) is 17.7. The Morgan fingerprint density at radius 3 is 2.77 bits per heavy atom. The van der Waals surface area contributed by atoms with Crippen LogP contribution in [0.15, 0.2) is 54.7 Å². The molecule has 1 aliphatic heterocycles. The summed E-state index contributed by atoms with van der Waals surface area (Å²) in [5, 5.41) is 6.96. The average Bonchev–Trinajstić information content (AvgIpc) is 3.44. The third kappa shape index (κ3) is 4.78. The van der Waals surface area contributed by atoms with Gasteiger partial charge in [-0.05, 0) is 73.8 Å². The van der Waals surface area contributed by atoms with Gasteiger partial charge in [0.05, 0.1) is 29.9 Å².